The third-order valence-electron chi connectivity index (χ3n) is 5.67. The molecule has 0 radical (unpaired) electrons. The molecule has 4 rings (SSSR count). The van der Waals surface area contributed by atoms with E-state index in [4.69, 9.17) is 19.3 Å². The molecule has 0 fully saturated rings. The summed E-state index contributed by atoms with van der Waals surface area (Å²) in [5.41, 5.74) is 3.50. The van der Waals surface area contributed by atoms with E-state index in [1.54, 1.807) is 64.1 Å². The van der Waals surface area contributed by atoms with Gasteiger partial charge in [0.2, 0.25) is 5.75 Å². The van der Waals surface area contributed by atoms with Crippen LogP contribution in [0.5, 0.6) is 23.0 Å². The van der Waals surface area contributed by atoms with Crippen molar-refractivity contribution < 1.29 is 24.1 Å². The number of rotatable bonds is 6. The van der Waals surface area contributed by atoms with Crippen molar-refractivity contribution in [3.8, 4) is 23.0 Å². The van der Waals surface area contributed by atoms with Crippen LogP contribution in [0.15, 0.2) is 60.0 Å². The number of carbonyl (C=O) groups excluding carboxylic acids is 1. The zero-order valence-corrected chi connectivity index (χ0v) is 18.9. The third kappa shape index (κ3) is 4.07. The van der Waals surface area contributed by atoms with Crippen LogP contribution < -0.4 is 14.2 Å². The van der Waals surface area contributed by atoms with Crippen LogP contribution in [0, 0.1) is 6.92 Å². The number of amides is 1. The summed E-state index contributed by atoms with van der Waals surface area (Å²) in [5.74, 6) is 1.40. The molecule has 3 aromatic rings. The van der Waals surface area contributed by atoms with Crippen molar-refractivity contribution >= 4 is 11.6 Å². The van der Waals surface area contributed by atoms with Gasteiger partial charge in [-0.05, 0) is 60.5 Å². The van der Waals surface area contributed by atoms with Crippen LogP contribution in [0.25, 0.3) is 0 Å². The van der Waals surface area contributed by atoms with E-state index in [9.17, 15) is 9.90 Å². The standard InChI is InChI=1S/C25H25N3O5/c1-15-13-17(5-7-21(15)29)19-14-20(28(27-19)25(30)16-9-11-26-12-10-16)18-6-8-22(31-2)24(33-4)23(18)32-3/h5-13,20,29H,14H2,1-4H3. The Kier molecular flexibility index (Phi) is 6.17. The summed E-state index contributed by atoms with van der Waals surface area (Å²) in [6.07, 6.45) is 3.60. The van der Waals surface area contributed by atoms with Gasteiger partial charge in [-0.2, -0.15) is 5.10 Å². The van der Waals surface area contributed by atoms with Crippen molar-refractivity contribution in [1.82, 2.24) is 9.99 Å². The molecule has 0 aliphatic carbocycles. The minimum atomic E-state index is -0.440. The van der Waals surface area contributed by atoms with Gasteiger partial charge in [0.1, 0.15) is 5.75 Å². The number of hydrazone groups is 1. The molecule has 2 aromatic carbocycles. The molecule has 33 heavy (non-hydrogen) atoms. The number of benzene rings is 2. The number of aryl methyl sites for hydroxylation is 1. The molecule has 8 heteroatoms. The van der Waals surface area contributed by atoms with Crippen molar-refractivity contribution in [3.05, 3.63) is 77.1 Å². The largest absolute Gasteiger partial charge is 0.508 e. The molecule has 0 saturated heterocycles. The Balaban J connectivity index is 1.83. The molecule has 1 N–H and O–H groups in total. The first-order chi connectivity index (χ1) is 16.0. The zero-order chi connectivity index (χ0) is 23.5. The number of pyridine rings is 1. The molecule has 1 aliphatic heterocycles. The van der Waals surface area contributed by atoms with Crippen LogP contribution in [-0.4, -0.2) is 48.0 Å². The number of phenols is 1. The first-order valence-electron chi connectivity index (χ1n) is 10.4. The van der Waals surface area contributed by atoms with E-state index in [-0.39, 0.29) is 11.7 Å². The van der Waals surface area contributed by atoms with Crippen LogP contribution in [0.1, 0.15) is 39.5 Å². The van der Waals surface area contributed by atoms with Gasteiger partial charge in [-0.15, -0.1) is 0 Å². The van der Waals surface area contributed by atoms with E-state index >= 15 is 0 Å². The molecule has 0 saturated carbocycles. The molecule has 1 atom stereocenters. The lowest BCUT2D eigenvalue weighted by Crippen LogP contribution is -2.27. The first-order valence-corrected chi connectivity index (χ1v) is 10.4. The summed E-state index contributed by atoms with van der Waals surface area (Å²) in [4.78, 5) is 17.5. The Morgan fingerprint density at radius 3 is 2.36 bits per heavy atom. The number of ether oxygens (including phenoxy) is 3. The van der Waals surface area contributed by atoms with Gasteiger partial charge in [0.15, 0.2) is 11.5 Å². The summed E-state index contributed by atoms with van der Waals surface area (Å²) >= 11 is 0. The second-order valence-corrected chi connectivity index (χ2v) is 7.58. The molecule has 8 nitrogen and oxygen atoms in total. The molecule has 0 spiro atoms. The quantitative estimate of drug-likeness (QED) is 0.611. The molecule has 0 bridgehead atoms. The van der Waals surface area contributed by atoms with Gasteiger partial charge in [-0.25, -0.2) is 5.01 Å². The van der Waals surface area contributed by atoms with E-state index in [1.807, 2.05) is 19.1 Å². The van der Waals surface area contributed by atoms with Crippen LogP contribution >= 0.6 is 0 Å². The second-order valence-electron chi connectivity index (χ2n) is 7.58. The minimum Gasteiger partial charge on any atom is -0.508 e. The van der Waals surface area contributed by atoms with E-state index in [0.29, 0.717) is 29.2 Å². The van der Waals surface area contributed by atoms with Gasteiger partial charge in [0, 0.05) is 29.9 Å². The molecule has 1 aromatic heterocycles. The van der Waals surface area contributed by atoms with Gasteiger partial charge in [0.05, 0.1) is 33.1 Å². The molecular weight excluding hydrogens is 422 g/mol. The maximum absolute atomic E-state index is 13.5. The first kappa shape index (κ1) is 22.1. The van der Waals surface area contributed by atoms with Crippen molar-refractivity contribution in [2.75, 3.05) is 21.3 Å². The molecule has 1 amide bonds. The number of carbonyl (C=O) groups is 1. The zero-order valence-electron chi connectivity index (χ0n) is 18.9. The lowest BCUT2D eigenvalue weighted by atomic mass is 9.96. The maximum atomic E-state index is 13.5. The summed E-state index contributed by atoms with van der Waals surface area (Å²) in [5, 5.41) is 16.1. The number of methoxy groups -OCH3 is 3. The molecule has 1 aliphatic rings. The number of hydrogen-bond acceptors (Lipinski definition) is 7. The third-order valence-corrected chi connectivity index (χ3v) is 5.67. The number of aromatic nitrogens is 1. The number of aromatic hydroxyl groups is 1. The van der Waals surface area contributed by atoms with Gasteiger partial charge in [-0.3, -0.25) is 9.78 Å². The Morgan fingerprint density at radius 1 is 1.00 bits per heavy atom. The number of hydrogen-bond donors (Lipinski definition) is 1. The predicted octanol–water partition coefficient (Wildman–Crippen LogP) is 4.11. The predicted molar refractivity (Wildman–Crippen MR) is 123 cm³/mol. The van der Waals surface area contributed by atoms with Crippen LogP contribution in [-0.2, 0) is 0 Å². The number of phenolic OH excluding ortho intramolecular Hbond substituents is 1. The monoisotopic (exact) mass is 447 g/mol. The molecule has 1 unspecified atom stereocenters. The fraction of sp³-hybridized carbons (Fsp3) is 0.240. The van der Waals surface area contributed by atoms with Crippen molar-refractivity contribution in [2.24, 2.45) is 5.10 Å². The Morgan fingerprint density at radius 2 is 1.73 bits per heavy atom. The second kappa shape index (κ2) is 9.20. The molecule has 170 valence electrons. The Hall–Kier alpha value is -4.07. The fourth-order valence-electron chi connectivity index (χ4n) is 3.96. The highest BCUT2D eigenvalue weighted by Gasteiger charge is 2.36. The van der Waals surface area contributed by atoms with Crippen LogP contribution in [0.3, 0.4) is 0 Å². The molecular formula is C25H25N3O5. The lowest BCUT2D eigenvalue weighted by Gasteiger charge is -2.25. The van der Waals surface area contributed by atoms with Crippen LogP contribution in [0.4, 0.5) is 0 Å². The topological polar surface area (TPSA) is 93.5 Å². The summed E-state index contributed by atoms with van der Waals surface area (Å²) in [6.45, 7) is 1.82. The average molecular weight is 447 g/mol. The van der Waals surface area contributed by atoms with Gasteiger partial charge in [0.25, 0.3) is 5.91 Å². The van der Waals surface area contributed by atoms with E-state index in [1.165, 1.54) is 5.01 Å². The van der Waals surface area contributed by atoms with Gasteiger partial charge < -0.3 is 19.3 Å². The lowest BCUT2D eigenvalue weighted by molar-refractivity contribution is 0.0709. The van der Waals surface area contributed by atoms with E-state index in [2.05, 4.69) is 4.98 Å². The highest BCUT2D eigenvalue weighted by Crippen LogP contribution is 2.46. The minimum absolute atomic E-state index is 0.208. The Bertz CT molecular complexity index is 1210. The highest BCUT2D eigenvalue weighted by atomic mass is 16.5. The van der Waals surface area contributed by atoms with Crippen molar-refractivity contribution in [2.45, 2.75) is 19.4 Å². The van der Waals surface area contributed by atoms with Crippen LogP contribution in [0.2, 0.25) is 0 Å². The van der Waals surface area contributed by atoms with Crippen molar-refractivity contribution in [3.63, 3.8) is 0 Å². The maximum Gasteiger partial charge on any atom is 0.274 e. The SMILES string of the molecule is COc1ccc(C2CC(c3ccc(O)c(C)c3)=NN2C(=O)c2ccncc2)c(OC)c1OC. The van der Waals surface area contributed by atoms with Gasteiger partial charge >= 0.3 is 0 Å². The summed E-state index contributed by atoms with van der Waals surface area (Å²) < 4.78 is 16.7. The molecule has 2 heterocycles. The van der Waals surface area contributed by atoms with Gasteiger partial charge in [-0.1, -0.05) is 0 Å². The van der Waals surface area contributed by atoms with E-state index in [0.717, 1.165) is 22.4 Å². The van der Waals surface area contributed by atoms with E-state index < -0.39 is 6.04 Å². The average Bonchev–Trinajstić information content (AvgIpc) is 3.29. The fourth-order valence-corrected chi connectivity index (χ4v) is 3.96. The van der Waals surface area contributed by atoms with Crippen molar-refractivity contribution in [1.29, 1.82) is 0 Å². The normalized spacial score (nSPS) is 15.2. The summed E-state index contributed by atoms with van der Waals surface area (Å²) in [6, 6.07) is 11.8. The smallest absolute Gasteiger partial charge is 0.274 e. The highest BCUT2D eigenvalue weighted by molar-refractivity contribution is 6.05. The number of nitrogens with zero attached hydrogens (tertiary/aromatic N) is 3. The Labute approximate surface area is 192 Å². The summed E-state index contributed by atoms with van der Waals surface area (Å²) in [7, 11) is 4.65.